The van der Waals surface area contributed by atoms with Crippen LogP contribution in [0.2, 0.25) is 5.02 Å². The maximum absolute atomic E-state index is 13.1. The number of ether oxygens (including phenoxy) is 1. The van der Waals surface area contributed by atoms with Crippen molar-refractivity contribution >= 4 is 35.0 Å². The first-order chi connectivity index (χ1) is 19.3. The molecule has 0 bridgehead atoms. The van der Waals surface area contributed by atoms with E-state index < -0.39 is 61.4 Å². The highest BCUT2D eigenvalue weighted by molar-refractivity contribution is 6.34. The molecule has 0 atom stereocenters. The Morgan fingerprint density at radius 2 is 1.57 bits per heavy atom. The third-order valence-electron chi connectivity index (χ3n) is 5.77. The quantitative estimate of drug-likeness (QED) is 0.184. The Labute approximate surface area is 239 Å². The van der Waals surface area contributed by atoms with Crippen molar-refractivity contribution in [2.45, 2.75) is 52.0 Å². The topological polar surface area (TPSA) is 96.5 Å². The van der Waals surface area contributed by atoms with Crippen LogP contribution in [0.3, 0.4) is 0 Å². The lowest BCUT2D eigenvalue weighted by molar-refractivity contribution is -0.211. The number of nitrogens with one attached hydrogen (secondary N) is 3. The average molecular weight is 632 g/mol. The number of amides is 3. The highest BCUT2D eigenvalue weighted by Crippen LogP contribution is 2.37. The molecule has 7 nitrogen and oxygen atoms in total. The van der Waals surface area contributed by atoms with E-state index in [1.54, 1.807) is 0 Å². The van der Waals surface area contributed by atoms with Crippen molar-refractivity contribution < 1.29 is 54.2 Å². The van der Waals surface area contributed by atoms with Crippen molar-refractivity contribution in [2.75, 3.05) is 18.5 Å². The maximum atomic E-state index is 13.1. The van der Waals surface area contributed by atoms with Gasteiger partial charge in [0, 0.05) is 25.2 Å². The largest absolute Gasteiger partial charge is 0.487 e. The molecule has 0 fully saturated rings. The van der Waals surface area contributed by atoms with Crippen LogP contribution in [0.5, 0.6) is 5.75 Å². The summed E-state index contributed by atoms with van der Waals surface area (Å²) in [5, 5.41) is 6.72. The van der Waals surface area contributed by atoms with Crippen LogP contribution < -0.4 is 20.7 Å². The number of benzene rings is 2. The van der Waals surface area contributed by atoms with Gasteiger partial charge in [-0.15, -0.1) is 0 Å². The second-order valence-corrected chi connectivity index (χ2v) is 9.87. The van der Waals surface area contributed by atoms with Gasteiger partial charge in [-0.1, -0.05) is 17.7 Å². The molecule has 3 N–H and O–H groups in total. The molecule has 3 amide bonds. The van der Waals surface area contributed by atoms with Gasteiger partial charge in [-0.25, -0.2) is 8.78 Å². The van der Waals surface area contributed by atoms with E-state index >= 15 is 0 Å². The molecule has 2 aromatic rings. The Kier molecular flexibility index (Phi) is 11.6. The first-order valence-electron chi connectivity index (χ1n) is 12.2. The number of rotatable bonds is 12. The van der Waals surface area contributed by atoms with Gasteiger partial charge in [-0.2, -0.15) is 26.3 Å². The molecule has 2 aromatic carbocycles. The fourth-order valence-electron chi connectivity index (χ4n) is 3.24. The van der Waals surface area contributed by atoms with Crippen molar-refractivity contribution in [3.05, 3.63) is 58.1 Å². The molecule has 2 rings (SSSR count). The van der Waals surface area contributed by atoms with Crippen molar-refractivity contribution in [3.63, 3.8) is 0 Å². The minimum absolute atomic E-state index is 0.0495. The lowest BCUT2D eigenvalue weighted by Crippen LogP contribution is -2.46. The lowest BCUT2D eigenvalue weighted by atomic mass is 9.91. The third-order valence-corrected chi connectivity index (χ3v) is 6.10. The predicted octanol–water partition coefficient (Wildman–Crippen LogP) is 6.51. The van der Waals surface area contributed by atoms with Crippen LogP contribution in [0.25, 0.3) is 0 Å². The minimum Gasteiger partial charge on any atom is -0.487 e. The van der Waals surface area contributed by atoms with Crippen molar-refractivity contribution in [1.29, 1.82) is 0 Å². The molecule has 0 unspecified atom stereocenters. The first kappa shape index (κ1) is 34.6. The molecular weight excluding hydrogens is 606 g/mol. The zero-order valence-corrected chi connectivity index (χ0v) is 22.9. The van der Waals surface area contributed by atoms with Gasteiger partial charge in [0.25, 0.3) is 18.2 Å². The Hall–Kier alpha value is -3.62. The number of carbonyl (C=O) groups excluding carboxylic acids is 3. The van der Waals surface area contributed by atoms with Crippen LogP contribution in [-0.2, 0) is 11.3 Å². The van der Waals surface area contributed by atoms with Gasteiger partial charge >= 0.3 is 12.4 Å². The van der Waals surface area contributed by atoms with E-state index in [2.05, 4.69) is 16.0 Å². The summed E-state index contributed by atoms with van der Waals surface area (Å²) in [6.07, 6.45) is -13.7. The van der Waals surface area contributed by atoms with Crippen LogP contribution in [0.15, 0.2) is 36.4 Å². The molecule has 0 aliphatic heterocycles. The molecule has 0 spiro atoms. The van der Waals surface area contributed by atoms with Crippen LogP contribution in [0, 0.1) is 5.41 Å². The normalized spacial score (nSPS) is 12.2. The van der Waals surface area contributed by atoms with Crippen LogP contribution in [0.1, 0.15) is 53.0 Å². The molecule has 0 saturated heterocycles. The van der Waals surface area contributed by atoms with E-state index in [1.807, 2.05) is 0 Å². The predicted molar refractivity (Wildman–Crippen MR) is 137 cm³/mol. The molecule has 42 heavy (non-hydrogen) atoms. The van der Waals surface area contributed by atoms with Crippen molar-refractivity contribution in [1.82, 2.24) is 10.6 Å². The third kappa shape index (κ3) is 10.0. The van der Waals surface area contributed by atoms with E-state index in [1.165, 1.54) is 24.3 Å². The molecule has 16 heteroatoms. The Balaban J connectivity index is 2.21. The first-order valence-corrected chi connectivity index (χ1v) is 12.5. The number of alkyl halides is 8. The summed E-state index contributed by atoms with van der Waals surface area (Å²) in [4.78, 5) is 37.6. The number of halogens is 9. The van der Waals surface area contributed by atoms with Crippen molar-refractivity contribution in [3.8, 4) is 5.75 Å². The summed E-state index contributed by atoms with van der Waals surface area (Å²) < 4.78 is 107. The van der Waals surface area contributed by atoms with E-state index in [-0.39, 0.29) is 46.2 Å². The Morgan fingerprint density at radius 3 is 2.17 bits per heavy atom. The Bertz CT molecular complexity index is 1280. The second-order valence-electron chi connectivity index (χ2n) is 9.46. The molecule has 0 radical (unpaired) electrons. The summed E-state index contributed by atoms with van der Waals surface area (Å²) in [6.45, 7) is -0.417. The van der Waals surface area contributed by atoms with Gasteiger partial charge < -0.3 is 20.7 Å². The van der Waals surface area contributed by atoms with Gasteiger partial charge in [0.1, 0.15) is 17.8 Å². The lowest BCUT2D eigenvalue weighted by Gasteiger charge is -2.26. The van der Waals surface area contributed by atoms with E-state index in [0.717, 1.165) is 12.1 Å². The van der Waals surface area contributed by atoms with Gasteiger partial charge in [-0.3, -0.25) is 14.4 Å². The summed E-state index contributed by atoms with van der Waals surface area (Å²) in [5.74, 6) is -3.41. The number of carbonyl (C=O) groups is 3. The average Bonchev–Trinajstić information content (AvgIpc) is 2.88. The summed E-state index contributed by atoms with van der Waals surface area (Å²) in [5.41, 5.74) is -3.00. The molecule has 0 heterocycles. The summed E-state index contributed by atoms with van der Waals surface area (Å²) in [6, 6.07) is 7.21. The zero-order chi connectivity index (χ0) is 31.9. The van der Waals surface area contributed by atoms with E-state index in [4.69, 9.17) is 16.3 Å². The van der Waals surface area contributed by atoms with Gasteiger partial charge in [-0.05, 0) is 56.2 Å². The van der Waals surface area contributed by atoms with E-state index in [9.17, 15) is 49.5 Å². The fourth-order valence-corrected chi connectivity index (χ4v) is 3.44. The van der Waals surface area contributed by atoms with Gasteiger partial charge in [0.05, 0.1) is 16.1 Å². The molecule has 232 valence electrons. The highest BCUT2D eigenvalue weighted by atomic mass is 35.5. The fraction of sp³-hybridized carbons (Fsp3) is 0.423. The number of hydrogen-bond donors (Lipinski definition) is 3. The zero-order valence-electron chi connectivity index (χ0n) is 22.1. The standard InChI is InChI=1S/C26H26ClF8N3O4/c1-24(2,26(33,34)35)23(41)37-12-14-4-6-18(27)16(10-14)22(40)38-15-5-7-19(42-13-20(28)29)17(11-15)21(39)36-9-3-8-25(30,31)32/h4-7,10-11,20H,3,8-9,12-13H2,1-2H3,(H,36,39)(H,37,41)(H,38,40). The molecule has 0 saturated carbocycles. The minimum atomic E-state index is -4.80. The van der Waals surface area contributed by atoms with Crippen LogP contribution >= 0.6 is 11.6 Å². The second kappa shape index (κ2) is 14.0. The molecule has 0 aromatic heterocycles. The SMILES string of the molecule is CC(C)(C(=O)NCc1ccc(Cl)c(C(=O)Nc2ccc(OCC(F)F)c(C(=O)NCCCC(F)(F)F)c2)c1)C(F)(F)F. The van der Waals surface area contributed by atoms with Crippen LogP contribution in [0.4, 0.5) is 40.8 Å². The molecule has 0 aliphatic carbocycles. The van der Waals surface area contributed by atoms with Gasteiger partial charge in [0.2, 0.25) is 5.91 Å². The monoisotopic (exact) mass is 631 g/mol. The molecule has 0 aliphatic rings. The number of hydrogen-bond acceptors (Lipinski definition) is 4. The molecular formula is C26H26ClF8N3O4. The maximum Gasteiger partial charge on any atom is 0.402 e. The summed E-state index contributed by atoms with van der Waals surface area (Å²) in [7, 11) is 0. The Morgan fingerprint density at radius 1 is 0.905 bits per heavy atom. The highest BCUT2D eigenvalue weighted by Gasteiger charge is 2.52. The summed E-state index contributed by atoms with van der Waals surface area (Å²) >= 11 is 6.10. The van der Waals surface area contributed by atoms with Crippen molar-refractivity contribution in [2.24, 2.45) is 5.41 Å². The van der Waals surface area contributed by atoms with Gasteiger partial charge in [0.15, 0.2) is 0 Å². The number of anilines is 1. The van der Waals surface area contributed by atoms with E-state index in [0.29, 0.717) is 13.8 Å². The smallest absolute Gasteiger partial charge is 0.402 e. The van der Waals surface area contributed by atoms with Crippen LogP contribution in [-0.4, -0.2) is 49.7 Å².